The van der Waals surface area contributed by atoms with Crippen LogP contribution in [0, 0.1) is 19.9 Å². The molecule has 4 nitrogen and oxygen atoms in total. The quantitative estimate of drug-likeness (QED) is 0.169. The molecule has 0 amide bonds. The van der Waals surface area contributed by atoms with Crippen LogP contribution in [0.15, 0.2) is 133 Å². The smallest absolute Gasteiger partial charge is 0.148 e. The van der Waals surface area contributed by atoms with Gasteiger partial charge in [-0.3, -0.25) is 9.55 Å². The van der Waals surface area contributed by atoms with Gasteiger partial charge in [0.05, 0.1) is 29.1 Å². The van der Waals surface area contributed by atoms with Crippen LogP contribution < -0.4 is 0 Å². The van der Waals surface area contributed by atoms with E-state index < -0.39 is 6.04 Å². The Hall–Kier alpha value is -5.57. The summed E-state index contributed by atoms with van der Waals surface area (Å²) in [5.41, 5.74) is 13.5. The Kier molecular flexibility index (Phi) is 9.98. The molecule has 8 aromatic rings. The van der Waals surface area contributed by atoms with Crippen LogP contribution in [0.4, 0.5) is 0 Å². The molecule has 0 fully saturated rings. The van der Waals surface area contributed by atoms with Crippen molar-refractivity contribution in [1.82, 2.24) is 14.5 Å². The maximum Gasteiger partial charge on any atom is 0.148 e. The fraction of sp³-hybridized carbons (Fsp3) is 0.250. The maximum absolute atomic E-state index is 11.9. The van der Waals surface area contributed by atoms with E-state index in [-0.39, 0.29) is 72.8 Å². The van der Waals surface area contributed by atoms with Crippen molar-refractivity contribution in [2.75, 3.05) is 0 Å². The summed E-state index contributed by atoms with van der Waals surface area (Å²) in [6.45, 7) is 23.8. The molecule has 5 heteroatoms. The molecular formula is C56H56N3OPt-. The number of benzene rings is 6. The number of fused-ring (bicyclic) bond motifs is 1. The van der Waals surface area contributed by atoms with Crippen molar-refractivity contribution in [3.8, 4) is 67.5 Å². The van der Waals surface area contributed by atoms with Crippen molar-refractivity contribution in [2.24, 2.45) is 0 Å². The summed E-state index contributed by atoms with van der Waals surface area (Å²) in [6.07, 6.45) is 1.60. The van der Waals surface area contributed by atoms with Gasteiger partial charge in [0, 0.05) is 38.5 Å². The summed E-state index contributed by atoms with van der Waals surface area (Å²) >= 11 is 0. The largest absolute Gasteiger partial charge is 0.507 e. The van der Waals surface area contributed by atoms with E-state index in [4.69, 9.17) is 16.8 Å². The van der Waals surface area contributed by atoms with E-state index in [1.54, 1.807) is 18.3 Å². The molecule has 8 rings (SSSR count). The first-order valence-electron chi connectivity index (χ1n) is 23.1. The minimum Gasteiger partial charge on any atom is -0.507 e. The average Bonchev–Trinajstić information content (AvgIpc) is 3.64. The Morgan fingerprint density at radius 3 is 1.93 bits per heavy atom. The molecular weight excluding hydrogens is 926 g/mol. The second-order valence-electron chi connectivity index (χ2n) is 19.1. The van der Waals surface area contributed by atoms with Crippen LogP contribution in [0.25, 0.3) is 72.7 Å². The number of phenolic OH excluding ortho intramolecular Hbond substituents is 1. The summed E-state index contributed by atoms with van der Waals surface area (Å²) < 4.78 is 44.3. The second kappa shape index (κ2) is 16.4. The third-order valence-electron chi connectivity index (χ3n) is 11.4. The Balaban J connectivity index is 0.00000648. The van der Waals surface area contributed by atoms with E-state index in [9.17, 15) is 5.11 Å². The monoisotopic (exact) mass is 986 g/mol. The minimum absolute atomic E-state index is 0. The van der Waals surface area contributed by atoms with Gasteiger partial charge in [-0.15, -0.1) is 29.3 Å². The van der Waals surface area contributed by atoms with Crippen LogP contribution in [0.5, 0.6) is 5.75 Å². The Labute approximate surface area is 384 Å². The molecule has 1 N–H and O–H groups in total. The van der Waals surface area contributed by atoms with Crippen LogP contribution in [-0.4, -0.2) is 19.6 Å². The molecule has 2 aromatic heterocycles. The topological polar surface area (TPSA) is 50.9 Å². The molecule has 0 aliphatic rings. The summed E-state index contributed by atoms with van der Waals surface area (Å²) in [6, 6.07) is 35.2. The van der Waals surface area contributed by atoms with Gasteiger partial charge in [0.2, 0.25) is 0 Å². The van der Waals surface area contributed by atoms with Gasteiger partial charge in [-0.05, 0) is 99.4 Å². The fourth-order valence-electron chi connectivity index (χ4n) is 7.86. The molecule has 0 aliphatic heterocycles. The number of phenols is 1. The van der Waals surface area contributed by atoms with Gasteiger partial charge in [0.25, 0.3) is 0 Å². The van der Waals surface area contributed by atoms with Gasteiger partial charge in [0.1, 0.15) is 11.6 Å². The number of aryl methyl sites for hydroxylation is 2. The Morgan fingerprint density at radius 1 is 0.607 bits per heavy atom. The first-order chi connectivity index (χ1) is 30.4. The Bertz CT molecular complexity index is 3160. The van der Waals surface area contributed by atoms with E-state index in [1.807, 2.05) is 32.0 Å². The molecule has 0 bridgehead atoms. The summed E-state index contributed by atoms with van der Waals surface area (Å²) in [4.78, 5) is 10.2. The number of aromatic nitrogens is 3. The van der Waals surface area contributed by atoms with Gasteiger partial charge in [0.15, 0.2) is 0 Å². The number of nitrogens with zero attached hydrogens (tertiary/aromatic N) is 3. The summed E-state index contributed by atoms with van der Waals surface area (Å²) in [5.74, 6) is 0.776. The molecule has 0 spiro atoms. The number of imidazole rings is 1. The van der Waals surface area contributed by atoms with Crippen molar-refractivity contribution in [3.63, 3.8) is 0 Å². The van der Waals surface area contributed by atoms with E-state index >= 15 is 0 Å². The van der Waals surface area contributed by atoms with E-state index in [0.717, 1.165) is 55.7 Å². The zero-order valence-electron chi connectivity index (χ0n) is 41.9. The van der Waals surface area contributed by atoms with Crippen molar-refractivity contribution >= 4 is 11.0 Å². The van der Waals surface area contributed by atoms with E-state index in [2.05, 4.69) is 140 Å². The average molecular weight is 987 g/mol. The first-order valence-corrected chi connectivity index (χ1v) is 20.6. The van der Waals surface area contributed by atoms with E-state index in [0.29, 0.717) is 28.2 Å². The fourth-order valence-corrected chi connectivity index (χ4v) is 7.86. The number of hydrogen-bond acceptors (Lipinski definition) is 3. The molecule has 0 saturated heterocycles. The van der Waals surface area contributed by atoms with Gasteiger partial charge < -0.3 is 5.11 Å². The molecule has 61 heavy (non-hydrogen) atoms. The molecule has 0 radical (unpaired) electrons. The van der Waals surface area contributed by atoms with Gasteiger partial charge >= 0.3 is 0 Å². The van der Waals surface area contributed by atoms with Gasteiger partial charge in [-0.25, -0.2) is 4.98 Å². The number of rotatable bonds is 6. The minimum atomic E-state index is -0.436. The molecule has 6 aromatic carbocycles. The van der Waals surface area contributed by atoms with Crippen molar-refractivity contribution in [1.29, 1.82) is 0 Å². The van der Waals surface area contributed by atoms with Crippen LogP contribution in [-0.2, 0) is 37.3 Å². The van der Waals surface area contributed by atoms with E-state index in [1.165, 1.54) is 11.1 Å². The van der Waals surface area contributed by atoms with Gasteiger partial charge in [-0.1, -0.05) is 158 Å². The normalized spacial score (nSPS) is 13.3. The molecule has 0 unspecified atom stereocenters. The second-order valence-corrected chi connectivity index (χ2v) is 19.1. The van der Waals surface area contributed by atoms with Crippen LogP contribution in [0.2, 0.25) is 0 Å². The summed E-state index contributed by atoms with van der Waals surface area (Å²) in [7, 11) is 0. The Morgan fingerprint density at radius 2 is 1.26 bits per heavy atom. The standard InChI is InChI=1S/C56H56N3O.Pt/c1-35-28-36(2)52(60)47(29-35)53-58-51-45(40-30-41(32-44(31-40)56(9,10)11)48-33-39(26-27-57-48)37-16-13-12-14-17-37)18-15-19-50(51)59(53)49-25-24-43(55(6,7)8)34-46(49)38-20-22-42(23-21-38)54(3,4)5;/h12-29,31-34,60H,1-11H3;/q-1;/i12D,13D,14D,16D,17D;. The van der Waals surface area contributed by atoms with Crippen molar-refractivity contribution in [2.45, 2.75) is 92.4 Å². The molecule has 0 aliphatic carbocycles. The zero-order valence-corrected chi connectivity index (χ0v) is 39.2. The zero-order chi connectivity index (χ0) is 47.1. The van der Waals surface area contributed by atoms with Crippen molar-refractivity contribution in [3.05, 3.63) is 167 Å². The number of hydrogen-bond donors (Lipinski definition) is 1. The third-order valence-corrected chi connectivity index (χ3v) is 11.4. The van der Waals surface area contributed by atoms with Gasteiger partial charge in [-0.2, -0.15) is 0 Å². The van der Waals surface area contributed by atoms with Crippen LogP contribution in [0.3, 0.4) is 0 Å². The van der Waals surface area contributed by atoms with Crippen molar-refractivity contribution < 1.29 is 33.0 Å². The first kappa shape index (κ1) is 37.2. The maximum atomic E-state index is 11.9. The predicted molar refractivity (Wildman–Crippen MR) is 252 cm³/mol. The summed E-state index contributed by atoms with van der Waals surface area (Å²) in [5, 5.41) is 11.9. The predicted octanol–water partition coefficient (Wildman–Crippen LogP) is 14.8. The molecule has 0 atom stereocenters. The SMILES string of the molecule is [2H]c1c([2H])c([2H])c(-c2ccnc(-c3[c-]c(-c4cccc5c4nc(-c4cc(C)cc(C)c4O)n5-c4ccc(C(C)(C)C)cc4-c4ccc(C(C)(C)C)cc4)cc(C(C)(C)C)c3)c2)c([2H])c1[2H].[Pt]. The molecule has 0 saturated carbocycles. The molecule has 2 heterocycles. The number of pyridine rings is 1. The van der Waals surface area contributed by atoms with Crippen LogP contribution in [0.1, 0.15) is 97.0 Å². The van der Waals surface area contributed by atoms with Crippen LogP contribution >= 0.6 is 0 Å². The number of aromatic hydroxyl groups is 1. The third kappa shape index (κ3) is 8.66. The molecule has 312 valence electrons. The number of para-hydroxylation sites is 1.